The van der Waals surface area contributed by atoms with Crippen LogP contribution in [0.5, 0.6) is 0 Å². The summed E-state index contributed by atoms with van der Waals surface area (Å²) in [6, 6.07) is 13.9. The van der Waals surface area contributed by atoms with Crippen LogP contribution in [0.4, 0.5) is 0 Å². The van der Waals surface area contributed by atoms with Gasteiger partial charge >= 0.3 is 0 Å². The third kappa shape index (κ3) is 3.44. The van der Waals surface area contributed by atoms with Crippen molar-refractivity contribution in [2.24, 2.45) is 0 Å². The molecule has 0 saturated carbocycles. The van der Waals surface area contributed by atoms with Crippen LogP contribution in [-0.4, -0.2) is 30.1 Å². The molecule has 0 aromatic carbocycles. The van der Waals surface area contributed by atoms with Gasteiger partial charge in [0.25, 0.3) is 0 Å². The lowest BCUT2D eigenvalue weighted by atomic mass is 10.0. The van der Waals surface area contributed by atoms with Crippen molar-refractivity contribution in [1.29, 1.82) is 0 Å². The van der Waals surface area contributed by atoms with Crippen LogP contribution >= 0.6 is 0 Å². The molecule has 0 radical (unpaired) electrons. The summed E-state index contributed by atoms with van der Waals surface area (Å²) in [7, 11) is 0. The number of aromatic nitrogens is 6. The fourth-order valence-corrected chi connectivity index (χ4v) is 3.71. The number of fused-ring (bicyclic) bond motifs is 1. The average molecular weight is 404 g/mol. The van der Waals surface area contributed by atoms with Crippen LogP contribution in [0.1, 0.15) is 17.0 Å². The monoisotopic (exact) mass is 404 g/mol. The lowest BCUT2D eigenvalue weighted by Crippen LogP contribution is -1.91. The van der Waals surface area contributed by atoms with E-state index < -0.39 is 0 Å². The van der Waals surface area contributed by atoms with Crippen LogP contribution < -0.4 is 0 Å². The van der Waals surface area contributed by atoms with Gasteiger partial charge in [-0.1, -0.05) is 24.8 Å². The number of hydrogen-bond donors (Lipinski definition) is 2. The van der Waals surface area contributed by atoms with Crippen LogP contribution in [0.25, 0.3) is 39.1 Å². The minimum absolute atomic E-state index is 0.843. The molecule has 5 aromatic rings. The Morgan fingerprint density at radius 1 is 1.03 bits per heavy atom. The van der Waals surface area contributed by atoms with E-state index in [4.69, 9.17) is 0 Å². The molecule has 5 heterocycles. The molecule has 0 spiro atoms. The highest BCUT2D eigenvalue weighted by Crippen LogP contribution is 2.33. The Bertz CT molecular complexity index is 1390. The predicted molar refractivity (Wildman–Crippen MR) is 123 cm³/mol. The summed E-state index contributed by atoms with van der Waals surface area (Å²) in [6.07, 6.45) is 10.9. The van der Waals surface area contributed by atoms with E-state index in [9.17, 15) is 0 Å². The van der Waals surface area contributed by atoms with E-state index in [1.54, 1.807) is 18.5 Å². The molecule has 6 heteroatoms. The summed E-state index contributed by atoms with van der Waals surface area (Å²) < 4.78 is 0. The van der Waals surface area contributed by atoms with Crippen molar-refractivity contribution in [3.63, 3.8) is 0 Å². The van der Waals surface area contributed by atoms with Gasteiger partial charge in [0.05, 0.1) is 28.8 Å². The molecular formula is C25H20N6. The van der Waals surface area contributed by atoms with Gasteiger partial charge in [-0.2, -0.15) is 5.10 Å². The number of pyridine rings is 3. The molecule has 5 aromatic heterocycles. The van der Waals surface area contributed by atoms with Crippen LogP contribution in [0, 0.1) is 6.92 Å². The quantitative estimate of drug-likeness (QED) is 0.388. The first-order chi connectivity index (χ1) is 15.2. The first-order valence-corrected chi connectivity index (χ1v) is 9.93. The van der Waals surface area contributed by atoms with E-state index in [1.165, 1.54) is 0 Å². The second-order valence-corrected chi connectivity index (χ2v) is 7.18. The smallest absolute Gasteiger partial charge is 0.116 e. The van der Waals surface area contributed by atoms with E-state index in [-0.39, 0.29) is 0 Å². The van der Waals surface area contributed by atoms with Crippen LogP contribution in [-0.2, 0) is 0 Å². The Morgan fingerprint density at radius 3 is 2.74 bits per heavy atom. The molecule has 0 atom stereocenters. The molecular weight excluding hydrogens is 384 g/mol. The van der Waals surface area contributed by atoms with Gasteiger partial charge < -0.3 is 4.98 Å². The highest BCUT2D eigenvalue weighted by molar-refractivity contribution is 5.95. The van der Waals surface area contributed by atoms with E-state index in [1.807, 2.05) is 54.9 Å². The minimum atomic E-state index is 0.843. The zero-order chi connectivity index (χ0) is 21.2. The maximum Gasteiger partial charge on any atom is 0.116 e. The number of H-pyrrole nitrogens is 2. The molecule has 2 N–H and O–H groups in total. The third-order valence-corrected chi connectivity index (χ3v) is 5.19. The molecule has 0 bridgehead atoms. The highest BCUT2D eigenvalue weighted by Gasteiger charge is 2.17. The molecule has 0 aliphatic carbocycles. The Kier molecular flexibility index (Phi) is 4.72. The second-order valence-electron chi connectivity index (χ2n) is 7.18. The van der Waals surface area contributed by atoms with Gasteiger partial charge in [0.2, 0.25) is 0 Å². The van der Waals surface area contributed by atoms with Gasteiger partial charge in [-0.05, 0) is 43.3 Å². The van der Waals surface area contributed by atoms with Crippen LogP contribution in [0.3, 0.4) is 0 Å². The lowest BCUT2D eigenvalue weighted by molar-refractivity contribution is 1.11. The minimum Gasteiger partial charge on any atom is -0.357 e. The van der Waals surface area contributed by atoms with Gasteiger partial charge in [0.15, 0.2) is 0 Å². The highest BCUT2D eigenvalue weighted by atomic mass is 15.1. The van der Waals surface area contributed by atoms with Crippen molar-refractivity contribution >= 4 is 16.5 Å². The summed E-state index contributed by atoms with van der Waals surface area (Å²) in [5.74, 6) is 0. The van der Waals surface area contributed by atoms with Gasteiger partial charge in [-0.25, -0.2) is 0 Å². The maximum atomic E-state index is 4.57. The molecule has 0 unspecified atom stereocenters. The van der Waals surface area contributed by atoms with Gasteiger partial charge in [0.1, 0.15) is 5.69 Å². The van der Waals surface area contributed by atoms with E-state index in [0.29, 0.717) is 0 Å². The average Bonchev–Trinajstić information content (AvgIpc) is 3.41. The molecule has 31 heavy (non-hydrogen) atoms. The van der Waals surface area contributed by atoms with Crippen molar-refractivity contribution in [3.8, 4) is 22.6 Å². The number of nitrogens with one attached hydrogen (secondary N) is 2. The summed E-state index contributed by atoms with van der Waals surface area (Å²) in [5, 5.41) is 8.65. The standard InChI is InChI=1S/C25H20N6/c1-3-7-18(21-9-4-5-11-27-21)19-12-23(29-16(19)2)25-20-13-22(17-8-6-10-26-14-17)28-15-24(20)30-31-25/h3-15,29H,1H2,2H3,(H,30,31)/b18-7+. The topological polar surface area (TPSA) is 83.1 Å². The third-order valence-electron chi connectivity index (χ3n) is 5.19. The summed E-state index contributed by atoms with van der Waals surface area (Å²) in [5.41, 5.74) is 8.46. The van der Waals surface area contributed by atoms with E-state index in [2.05, 4.69) is 49.7 Å². The lowest BCUT2D eigenvalue weighted by Gasteiger charge is -2.05. The fourth-order valence-electron chi connectivity index (χ4n) is 3.71. The molecule has 0 saturated heterocycles. The summed E-state index contributed by atoms with van der Waals surface area (Å²) in [6.45, 7) is 5.93. The number of aromatic amines is 2. The molecule has 5 rings (SSSR count). The molecule has 150 valence electrons. The van der Waals surface area contributed by atoms with Crippen molar-refractivity contribution in [2.75, 3.05) is 0 Å². The van der Waals surface area contributed by atoms with Crippen molar-refractivity contribution in [1.82, 2.24) is 30.1 Å². The Morgan fingerprint density at radius 2 is 1.97 bits per heavy atom. The van der Waals surface area contributed by atoms with Crippen LogP contribution in [0.2, 0.25) is 0 Å². The van der Waals surface area contributed by atoms with Crippen molar-refractivity contribution < 1.29 is 0 Å². The first kappa shape index (κ1) is 18.7. The van der Waals surface area contributed by atoms with Gasteiger partial charge in [-0.3, -0.25) is 20.1 Å². The van der Waals surface area contributed by atoms with Gasteiger partial charge in [-0.15, -0.1) is 0 Å². The predicted octanol–water partition coefficient (Wildman–Crippen LogP) is 5.34. The largest absolute Gasteiger partial charge is 0.357 e. The summed E-state index contributed by atoms with van der Waals surface area (Å²) in [4.78, 5) is 16.8. The Labute approximate surface area is 179 Å². The van der Waals surface area contributed by atoms with Crippen molar-refractivity contribution in [2.45, 2.75) is 6.92 Å². The molecule has 0 aliphatic heterocycles. The van der Waals surface area contributed by atoms with Crippen molar-refractivity contribution in [3.05, 3.63) is 103 Å². The number of hydrogen-bond acceptors (Lipinski definition) is 4. The van der Waals surface area contributed by atoms with Crippen LogP contribution in [0.15, 0.2) is 86.0 Å². The SMILES string of the molecule is C=C/C=C(/c1ccccn1)c1cc(-c2n[nH]c3cnc(-c4cccnc4)cc23)[nH]c1C. The maximum absolute atomic E-state index is 4.57. The molecule has 0 fully saturated rings. The Hall–Kier alpha value is -4.32. The molecule has 0 amide bonds. The first-order valence-electron chi connectivity index (χ1n) is 9.93. The second kappa shape index (κ2) is 7.84. The van der Waals surface area contributed by atoms with E-state index in [0.717, 1.165) is 56.1 Å². The molecule has 0 aliphatic rings. The number of rotatable bonds is 5. The molecule has 6 nitrogen and oxygen atoms in total. The number of allylic oxidation sites excluding steroid dienone is 2. The zero-order valence-electron chi connectivity index (χ0n) is 17.0. The zero-order valence-corrected chi connectivity index (χ0v) is 17.0. The number of aryl methyl sites for hydroxylation is 1. The Balaban J connectivity index is 1.62. The fraction of sp³-hybridized carbons (Fsp3) is 0.0400. The summed E-state index contributed by atoms with van der Waals surface area (Å²) >= 11 is 0. The normalized spacial score (nSPS) is 11.7. The van der Waals surface area contributed by atoms with Gasteiger partial charge in [0, 0.05) is 46.4 Å². The number of nitrogens with zero attached hydrogens (tertiary/aromatic N) is 4. The van der Waals surface area contributed by atoms with E-state index >= 15 is 0 Å².